The Hall–Kier alpha value is -3.34. The molecule has 132 valence electrons. The molecule has 0 fully saturated rings. The fourth-order valence-electron chi connectivity index (χ4n) is 2.31. The van der Waals surface area contributed by atoms with Crippen LogP contribution in [-0.4, -0.2) is 17.5 Å². The quantitative estimate of drug-likeness (QED) is 0.691. The number of aryl methyl sites for hydroxylation is 2. The Balaban J connectivity index is 1.50. The molecule has 0 saturated carbocycles. The van der Waals surface area contributed by atoms with Crippen molar-refractivity contribution >= 4 is 23.1 Å². The standard InChI is InChI=1S/C21H21N3O2/c1-15-3-7-17(8-4-15)23-20-12-9-18(13-22-20)24-21(25)14-26-19-10-5-16(2)6-11-19/h3-13H,14H2,1-2H3,(H,22,23)(H,24,25). The number of nitrogens with one attached hydrogen (secondary N) is 2. The molecule has 26 heavy (non-hydrogen) atoms. The highest BCUT2D eigenvalue weighted by Gasteiger charge is 2.05. The Morgan fingerprint density at radius 2 is 1.50 bits per heavy atom. The molecule has 0 radical (unpaired) electrons. The van der Waals surface area contributed by atoms with Crippen molar-refractivity contribution in [2.45, 2.75) is 13.8 Å². The zero-order valence-corrected chi connectivity index (χ0v) is 14.8. The van der Waals surface area contributed by atoms with Gasteiger partial charge in [0, 0.05) is 5.69 Å². The van der Waals surface area contributed by atoms with Crippen LogP contribution >= 0.6 is 0 Å². The van der Waals surface area contributed by atoms with E-state index in [-0.39, 0.29) is 12.5 Å². The lowest BCUT2D eigenvalue weighted by molar-refractivity contribution is -0.118. The van der Waals surface area contributed by atoms with Crippen molar-refractivity contribution in [3.8, 4) is 5.75 Å². The molecule has 1 amide bonds. The van der Waals surface area contributed by atoms with Gasteiger partial charge < -0.3 is 15.4 Å². The highest BCUT2D eigenvalue weighted by Crippen LogP contribution is 2.17. The van der Waals surface area contributed by atoms with Gasteiger partial charge in [0.15, 0.2) is 6.61 Å². The molecular formula is C21H21N3O2. The van der Waals surface area contributed by atoms with Crippen molar-refractivity contribution in [1.29, 1.82) is 0 Å². The number of nitrogens with zero attached hydrogens (tertiary/aromatic N) is 1. The third-order valence-corrected chi connectivity index (χ3v) is 3.76. The minimum Gasteiger partial charge on any atom is -0.484 e. The fraction of sp³-hybridized carbons (Fsp3) is 0.143. The second kappa shape index (κ2) is 8.16. The largest absolute Gasteiger partial charge is 0.484 e. The number of hydrogen-bond donors (Lipinski definition) is 2. The molecule has 1 heterocycles. The van der Waals surface area contributed by atoms with Crippen molar-refractivity contribution in [3.63, 3.8) is 0 Å². The topological polar surface area (TPSA) is 63.2 Å². The summed E-state index contributed by atoms with van der Waals surface area (Å²) >= 11 is 0. The predicted molar refractivity (Wildman–Crippen MR) is 104 cm³/mol. The molecule has 2 aromatic carbocycles. The molecule has 0 atom stereocenters. The molecule has 0 aliphatic heterocycles. The summed E-state index contributed by atoms with van der Waals surface area (Å²) in [5, 5.41) is 5.98. The highest BCUT2D eigenvalue weighted by atomic mass is 16.5. The van der Waals surface area contributed by atoms with E-state index in [2.05, 4.69) is 15.6 Å². The van der Waals surface area contributed by atoms with Crippen LogP contribution < -0.4 is 15.4 Å². The number of amides is 1. The Bertz CT molecular complexity index is 857. The van der Waals surface area contributed by atoms with Crippen LogP contribution in [0.25, 0.3) is 0 Å². The SMILES string of the molecule is Cc1ccc(Nc2ccc(NC(=O)COc3ccc(C)cc3)cn2)cc1. The van der Waals surface area contributed by atoms with Crippen molar-refractivity contribution in [3.05, 3.63) is 78.0 Å². The molecule has 0 spiro atoms. The first-order valence-electron chi connectivity index (χ1n) is 8.37. The van der Waals surface area contributed by atoms with Crippen LogP contribution in [0.3, 0.4) is 0 Å². The third kappa shape index (κ3) is 5.08. The Kier molecular flexibility index (Phi) is 5.49. The number of hydrogen-bond acceptors (Lipinski definition) is 4. The Morgan fingerprint density at radius 3 is 2.12 bits per heavy atom. The molecule has 0 bridgehead atoms. The summed E-state index contributed by atoms with van der Waals surface area (Å²) in [5.41, 5.74) is 3.94. The minimum atomic E-state index is -0.230. The van der Waals surface area contributed by atoms with E-state index >= 15 is 0 Å². The van der Waals surface area contributed by atoms with Gasteiger partial charge in [0.25, 0.3) is 5.91 Å². The van der Waals surface area contributed by atoms with Crippen molar-refractivity contribution in [2.75, 3.05) is 17.2 Å². The first-order chi connectivity index (χ1) is 12.6. The molecule has 0 unspecified atom stereocenters. The second-order valence-electron chi connectivity index (χ2n) is 6.07. The molecule has 2 N–H and O–H groups in total. The number of ether oxygens (including phenoxy) is 1. The van der Waals surface area contributed by atoms with Crippen LogP contribution in [0.5, 0.6) is 5.75 Å². The van der Waals surface area contributed by atoms with Gasteiger partial charge in [-0.05, 0) is 50.2 Å². The van der Waals surface area contributed by atoms with Gasteiger partial charge in [0.2, 0.25) is 0 Å². The van der Waals surface area contributed by atoms with E-state index in [1.54, 1.807) is 12.3 Å². The number of anilines is 3. The van der Waals surface area contributed by atoms with Crippen molar-refractivity contribution < 1.29 is 9.53 Å². The van der Waals surface area contributed by atoms with Gasteiger partial charge in [-0.2, -0.15) is 0 Å². The number of rotatable bonds is 6. The van der Waals surface area contributed by atoms with E-state index in [1.807, 2.05) is 68.4 Å². The van der Waals surface area contributed by atoms with Crippen LogP contribution in [-0.2, 0) is 4.79 Å². The van der Waals surface area contributed by atoms with E-state index in [0.717, 1.165) is 11.3 Å². The maximum atomic E-state index is 12.0. The van der Waals surface area contributed by atoms with Crippen molar-refractivity contribution in [2.24, 2.45) is 0 Å². The van der Waals surface area contributed by atoms with Gasteiger partial charge in [-0.15, -0.1) is 0 Å². The van der Waals surface area contributed by atoms with Gasteiger partial charge in [-0.3, -0.25) is 4.79 Å². The van der Waals surface area contributed by atoms with Gasteiger partial charge >= 0.3 is 0 Å². The van der Waals surface area contributed by atoms with Crippen LogP contribution in [0, 0.1) is 13.8 Å². The molecule has 3 aromatic rings. The molecule has 5 nitrogen and oxygen atoms in total. The summed E-state index contributed by atoms with van der Waals surface area (Å²) in [6, 6.07) is 19.2. The maximum Gasteiger partial charge on any atom is 0.262 e. The van der Waals surface area contributed by atoms with Gasteiger partial charge in [0.1, 0.15) is 11.6 Å². The number of pyridine rings is 1. The smallest absolute Gasteiger partial charge is 0.262 e. The van der Waals surface area contributed by atoms with Gasteiger partial charge in [-0.25, -0.2) is 4.98 Å². The minimum absolute atomic E-state index is 0.0492. The normalized spacial score (nSPS) is 10.2. The number of carbonyl (C=O) groups excluding carboxylic acids is 1. The van der Waals surface area contributed by atoms with E-state index in [0.29, 0.717) is 17.3 Å². The number of benzene rings is 2. The van der Waals surface area contributed by atoms with E-state index in [4.69, 9.17) is 4.74 Å². The zero-order valence-electron chi connectivity index (χ0n) is 14.8. The lowest BCUT2D eigenvalue weighted by Gasteiger charge is -2.09. The van der Waals surface area contributed by atoms with Crippen molar-refractivity contribution in [1.82, 2.24) is 4.98 Å². The molecule has 0 aliphatic carbocycles. The summed E-state index contributed by atoms with van der Waals surface area (Å²) in [5.74, 6) is 1.15. The average molecular weight is 347 g/mol. The summed E-state index contributed by atoms with van der Waals surface area (Å²) in [4.78, 5) is 16.3. The van der Waals surface area contributed by atoms with E-state index in [9.17, 15) is 4.79 Å². The zero-order chi connectivity index (χ0) is 18.4. The van der Waals surface area contributed by atoms with Crippen LogP contribution in [0.1, 0.15) is 11.1 Å². The Labute approximate surface area is 153 Å². The molecule has 0 saturated heterocycles. The van der Waals surface area contributed by atoms with Gasteiger partial charge in [0.05, 0.1) is 11.9 Å². The average Bonchev–Trinajstić information content (AvgIpc) is 2.65. The van der Waals surface area contributed by atoms with E-state index in [1.165, 1.54) is 5.56 Å². The summed E-state index contributed by atoms with van der Waals surface area (Å²) in [6.07, 6.45) is 1.61. The summed E-state index contributed by atoms with van der Waals surface area (Å²) in [6.45, 7) is 4.00. The second-order valence-corrected chi connectivity index (χ2v) is 6.07. The summed E-state index contributed by atoms with van der Waals surface area (Å²) in [7, 11) is 0. The first kappa shape index (κ1) is 17.5. The fourth-order valence-corrected chi connectivity index (χ4v) is 2.31. The molecule has 3 rings (SSSR count). The maximum absolute atomic E-state index is 12.0. The van der Waals surface area contributed by atoms with Crippen LogP contribution in [0.2, 0.25) is 0 Å². The van der Waals surface area contributed by atoms with Crippen LogP contribution in [0.4, 0.5) is 17.2 Å². The monoisotopic (exact) mass is 347 g/mol. The highest BCUT2D eigenvalue weighted by molar-refractivity contribution is 5.91. The van der Waals surface area contributed by atoms with Gasteiger partial charge in [-0.1, -0.05) is 35.4 Å². The molecule has 1 aromatic heterocycles. The number of carbonyl (C=O) groups is 1. The lowest BCUT2D eigenvalue weighted by Crippen LogP contribution is -2.20. The number of aromatic nitrogens is 1. The van der Waals surface area contributed by atoms with Crippen LogP contribution in [0.15, 0.2) is 66.9 Å². The third-order valence-electron chi connectivity index (χ3n) is 3.76. The van der Waals surface area contributed by atoms with E-state index < -0.39 is 0 Å². The first-order valence-corrected chi connectivity index (χ1v) is 8.37. The summed E-state index contributed by atoms with van der Waals surface area (Å²) < 4.78 is 5.46. The molecular weight excluding hydrogens is 326 g/mol. The Morgan fingerprint density at radius 1 is 0.885 bits per heavy atom. The molecule has 0 aliphatic rings. The lowest BCUT2D eigenvalue weighted by atomic mass is 10.2. The molecule has 5 heteroatoms. The predicted octanol–water partition coefficient (Wildman–Crippen LogP) is 4.46.